The minimum absolute atomic E-state index is 0.158. The van der Waals surface area contributed by atoms with Gasteiger partial charge in [-0.25, -0.2) is 8.78 Å². The summed E-state index contributed by atoms with van der Waals surface area (Å²) in [7, 11) is 0. The number of alkyl halides is 4. The molecule has 0 bridgehead atoms. The molecule has 0 saturated carbocycles. The molecule has 0 spiro atoms. The van der Waals surface area contributed by atoms with E-state index in [4.69, 9.17) is 0 Å². The van der Waals surface area contributed by atoms with Crippen LogP contribution in [0.2, 0.25) is 0 Å². The maximum absolute atomic E-state index is 12.6. The minimum Gasteiger partial charge on any atom is -0.307 e. The summed E-state index contributed by atoms with van der Waals surface area (Å²) < 4.78 is 48.9. The predicted molar refractivity (Wildman–Crippen MR) is 58.6 cm³/mol. The topological polar surface area (TPSA) is 12.0 Å². The van der Waals surface area contributed by atoms with Crippen LogP contribution in [0.4, 0.5) is 17.6 Å². The zero-order chi connectivity index (χ0) is 13.1. The molecule has 5 heteroatoms. The van der Waals surface area contributed by atoms with Crippen molar-refractivity contribution in [3.63, 3.8) is 0 Å². The lowest BCUT2D eigenvalue weighted by atomic mass is 10.1. The van der Waals surface area contributed by atoms with Crippen LogP contribution in [0.25, 0.3) is 0 Å². The first-order valence-electron chi connectivity index (χ1n) is 5.25. The summed E-state index contributed by atoms with van der Waals surface area (Å²) in [5.41, 5.74) is 2.84. The molecule has 1 nitrogen and oxygen atoms in total. The molecule has 0 heterocycles. The SMILES string of the molecule is Cc1cc(C)cc(CNCC(F)(F)C(F)F)c1. The Hall–Kier alpha value is -1.10. The van der Waals surface area contributed by atoms with Crippen molar-refractivity contribution in [1.82, 2.24) is 5.32 Å². The summed E-state index contributed by atoms with van der Waals surface area (Å²) in [4.78, 5) is 0. The molecule has 0 saturated heterocycles. The molecular weight excluding hydrogens is 234 g/mol. The number of hydrogen-bond donors (Lipinski definition) is 1. The van der Waals surface area contributed by atoms with Gasteiger partial charge in [0, 0.05) is 6.54 Å². The lowest BCUT2D eigenvalue weighted by Crippen LogP contribution is -2.38. The van der Waals surface area contributed by atoms with Gasteiger partial charge in [0.1, 0.15) is 0 Å². The van der Waals surface area contributed by atoms with Gasteiger partial charge in [-0.1, -0.05) is 29.3 Å². The number of rotatable bonds is 5. The molecule has 0 unspecified atom stereocenters. The highest BCUT2D eigenvalue weighted by molar-refractivity contribution is 5.28. The molecule has 1 rings (SSSR count). The molecule has 0 aromatic heterocycles. The first kappa shape index (κ1) is 14.0. The molecule has 0 radical (unpaired) electrons. The number of nitrogens with one attached hydrogen (secondary N) is 1. The highest BCUT2D eigenvalue weighted by Gasteiger charge is 2.39. The normalized spacial score (nSPS) is 12.2. The average Bonchev–Trinajstić information content (AvgIpc) is 2.15. The van der Waals surface area contributed by atoms with Crippen molar-refractivity contribution in [2.45, 2.75) is 32.7 Å². The van der Waals surface area contributed by atoms with E-state index in [9.17, 15) is 17.6 Å². The highest BCUT2D eigenvalue weighted by Crippen LogP contribution is 2.21. The van der Waals surface area contributed by atoms with Crippen LogP contribution in [0.1, 0.15) is 16.7 Å². The Kier molecular flexibility index (Phi) is 4.51. The van der Waals surface area contributed by atoms with Gasteiger partial charge >= 0.3 is 12.3 Å². The number of aryl methyl sites for hydroxylation is 2. The summed E-state index contributed by atoms with van der Waals surface area (Å²) in [5.74, 6) is -3.97. The summed E-state index contributed by atoms with van der Waals surface area (Å²) in [5, 5.41) is 2.35. The summed E-state index contributed by atoms with van der Waals surface area (Å²) >= 11 is 0. The van der Waals surface area contributed by atoms with Gasteiger partial charge in [0.25, 0.3) is 0 Å². The van der Waals surface area contributed by atoms with Crippen LogP contribution >= 0.6 is 0 Å². The molecule has 0 atom stereocenters. The maximum atomic E-state index is 12.6. The van der Waals surface area contributed by atoms with Crippen molar-refractivity contribution < 1.29 is 17.6 Å². The van der Waals surface area contributed by atoms with Crippen LogP contribution in [0.3, 0.4) is 0 Å². The van der Waals surface area contributed by atoms with Crippen LogP contribution in [-0.4, -0.2) is 18.9 Å². The third-order valence-corrected chi connectivity index (χ3v) is 2.29. The molecule has 1 N–H and O–H groups in total. The van der Waals surface area contributed by atoms with Crippen LogP contribution < -0.4 is 5.32 Å². The molecule has 0 aliphatic heterocycles. The van der Waals surface area contributed by atoms with E-state index in [1.165, 1.54) is 0 Å². The molecule has 17 heavy (non-hydrogen) atoms. The first-order valence-corrected chi connectivity index (χ1v) is 5.25. The quantitative estimate of drug-likeness (QED) is 0.789. The Balaban J connectivity index is 2.51. The lowest BCUT2D eigenvalue weighted by Gasteiger charge is -2.16. The number of halogens is 4. The molecule has 0 amide bonds. The zero-order valence-electron chi connectivity index (χ0n) is 9.74. The van der Waals surface area contributed by atoms with Gasteiger partial charge in [-0.05, 0) is 19.4 Å². The zero-order valence-corrected chi connectivity index (χ0v) is 9.74. The Morgan fingerprint density at radius 3 is 2.12 bits per heavy atom. The van der Waals surface area contributed by atoms with Crippen LogP contribution in [-0.2, 0) is 6.54 Å². The van der Waals surface area contributed by atoms with Crippen molar-refractivity contribution in [1.29, 1.82) is 0 Å². The third-order valence-electron chi connectivity index (χ3n) is 2.29. The number of benzene rings is 1. The molecule has 1 aromatic carbocycles. The van der Waals surface area contributed by atoms with Crippen molar-refractivity contribution >= 4 is 0 Å². The standard InChI is InChI=1S/C12H15F4N/c1-8-3-9(2)5-10(4-8)6-17-7-12(15,16)11(13)14/h3-5,11,17H,6-7H2,1-2H3. The molecule has 0 aliphatic rings. The van der Waals surface area contributed by atoms with Crippen LogP contribution in [0.5, 0.6) is 0 Å². The van der Waals surface area contributed by atoms with E-state index in [1.54, 1.807) is 0 Å². The molecule has 1 aromatic rings. The van der Waals surface area contributed by atoms with Crippen molar-refractivity contribution in [2.75, 3.05) is 6.54 Å². The van der Waals surface area contributed by atoms with Crippen LogP contribution in [0, 0.1) is 13.8 Å². The van der Waals surface area contributed by atoms with Gasteiger partial charge in [-0.2, -0.15) is 8.78 Å². The maximum Gasteiger partial charge on any atom is 0.319 e. The first-order chi connectivity index (χ1) is 7.81. The van der Waals surface area contributed by atoms with E-state index >= 15 is 0 Å². The molecule has 0 aliphatic carbocycles. The smallest absolute Gasteiger partial charge is 0.307 e. The summed E-state index contributed by atoms with van der Waals surface area (Å²) in [6.45, 7) is 2.93. The second-order valence-corrected chi connectivity index (χ2v) is 4.16. The van der Waals surface area contributed by atoms with E-state index in [1.807, 2.05) is 32.0 Å². The highest BCUT2D eigenvalue weighted by atomic mass is 19.3. The van der Waals surface area contributed by atoms with Crippen molar-refractivity contribution in [3.8, 4) is 0 Å². The van der Waals surface area contributed by atoms with E-state index in [0.717, 1.165) is 16.7 Å². The average molecular weight is 249 g/mol. The van der Waals surface area contributed by atoms with E-state index in [0.29, 0.717) is 0 Å². The summed E-state index contributed by atoms with van der Waals surface area (Å²) in [6.07, 6.45) is -3.63. The van der Waals surface area contributed by atoms with Gasteiger partial charge in [0.05, 0.1) is 6.54 Å². The fourth-order valence-corrected chi connectivity index (χ4v) is 1.62. The van der Waals surface area contributed by atoms with E-state index < -0.39 is 18.9 Å². The molecule has 0 fully saturated rings. The summed E-state index contributed by atoms with van der Waals surface area (Å²) in [6, 6.07) is 5.62. The Morgan fingerprint density at radius 1 is 1.12 bits per heavy atom. The van der Waals surface area contributed by atoms with E-state index in [2.05, 4.69) is 5.32 Å². The fraction of sp³-hybridized carbons (Fsp3) is 0.500. The molecule has 96 valence electrons. The van der Waals surface area contributed by atoms with Gasteiger partial charge in [0.2, 0.25) is 0 Å². The Labute approximate surface area is 97.8 Å². The van der Waals surface area contributed by atoms with Crippen LogP contribution in [0.15, 0.2) is 18.2 Å². The largest absolute Gasteiger partial charge is 0.319 e. The number of hydrogen-bond acceptors (Lipinski definition) is 1. The van der Waals surface area contributed by atoms with Gasteiger partial charge in [-0.15, -0.1) is 0 Å². The van der Waals surface area contributed by atoms with Gasteiger partial charge in [0.15, 0.2) is 0 Å². The monoisotopic (exact) mass is 249 g/mol. The van der Waals surface area contributed by atoms with E-state index in [-0.39, 0.29) is 6.54 Å². The Bertz CT molecular complexity index is 357. The van der Waals surface area contributed by atoms with Crippen molar-refractivity contribution in [3.05, 3.63) is 34.9 Å². The second-order valence-electron chi connectivity index (χ2n) is 4.16. The van der Waals surface area contributed by atoms with Gasteiger partial charge in [-0.3, -0.25) is 0 Å². The molecular formula is C12H15F4N. The third kappa shape index (κ3) is 4.34. The van der Waals surface area contributed by atoms with Gasteiger partial charge < -0.3 is 5.32 Å². The second kappa shape index (κ2) is 5.49. The lowest BCUT2D eigenvalue weighted by molar-refractivity contribution is -0.125. The minimum atomic E-state index is -3.97. The van der Waals surface area contributed by atoms with Crippen molar-refractivity contribution in [2.24, 2.45) is 0 Å². The predicted octanol–water partition coefficient (Wildman–Crippen LogP) is 3.29. The Morgan fingerprint density at radius 2 is 1.65 bits per heavy atom. The fourth-order valence-electron chi connectivity index (χ4n) is 1.62.